The monoisotopic (exact) mass is 750 g/mol. The molecule has 1 unspecified atom stereocenters. The molecule has 2 radical (unpaired) electrons. The Morgan fingerprint density at radius 2 is 1.45 bits per heavy atom. The van der Waals surface area contributed by atoms with Gasteiger partial charge in [0.2, 0.25) is 0 Å². The minimum absolute atomic E-state index is 0.0279. The molecule has 1 aromatic heterocycles. The van der Waals surface area contributed by atoms with Gasteiger partial charge < -0.3 is 29.5 Å². The lowest BCUT2D eigenvalue weighted by atomic mass is 10.2. The second-order valence-corrected chi connectivity index (χ2v) is 15.3. The zero-order chi connectivity index (χ0) is 36.4. The molecular formula is C34H28FN4O9PS2. The van der Waals surface area contributed by atoms with Crippen LogP contribution in [0.1, 0.15) is 26.3 Å². The summed E-state index contributed by atoms with van der Waals surface area (Å²) < 4.78 is 71.9. The molecule has 0 bridgehead atoms. The second-order valence-electron chi connectivity index (χ2n) is 10.5. The highest BCUT2D eigenvalue weighted by atomic mass is 32.2. The molecule has 0 spiro atoms. The Morgan fingerprint density at radius 3 is 2.00 bits per heavy atom. The Hall–Kier alpha value is -5.30. The minimum Gasteiger partial charge on any atom is -0.488 e. The average molecular weight is 751 g/mol. The van der Waals surface area contributed by atoms with Gasteiger partial charge in [-0.15, -0.1) is 11.3 Å². The number of nitrogens with one attached hydrogen (secondary N) is 3. The molecule has 0 saturated carbocycles. The van der Waals surface area contributed by atoms with Gasteiger partial charge in [0.15, 0.2) is 11.5 Å². The van der Waals surface area contributed by atoms with Crippen LogP contribution in [0.25, 0.3) is 10.1 Å². The van der Waals surface area contributed by atoms with E-state index in [9.17, 15) is 31.9 Å². The molecule has 0 saturated heterocycles. The first-order valence-electron chi connectivity index (χ1n) is 15.0. The van der Waals surface area contributed by atoms with Crippen LogP contribution >= 0.6 is 18.9 Å². The number of hydrogen-bond donors (Lipinski definition) is 4. The third kappa shape index (κ3) is 10.1. The van der Waals surface area contributed by atoms with E-state index in [1.807, 2.05) is 4.72 Å². The molecule has 0 aliphatic rings. The summed E-state index contributed by atoms with van der Waals surface area (Å²) in [6, 6.07) is 27.6. The number of thiophene rings is 1. The van der Waals surface area contributed by atoms with Crippen molar-refractivity contribution >= 4 is 50.9 Å². The first-order chi connectivity index (χ1) is 24.4. The number of benzene rings is 4. The molecule has 51 heavy (non-hydrogen) atoms. The molecule has 1 heterocycles. The standard InChI is InChI=1S/C34H28FN4O9PS2/c35-28-19-27(12-11-25(28)21-36)48-49(42,43)22-39-51(44,45)32-18-26-17-29(46-15-13-37-33(40)23-7-3-1-4-8-23)30(20-31(26)50-32)47-16-14-38-34(41)24-9-5-2-6-10-24/h3-12,17-20,39H,13-16,22H2,(H,37,40)(H,38,41)(H,42,43). The Kier molecular flexibility index (Phi) is 12.0. The fraction of sp³-hybridized carbons (Fsp3) is 0.147. The molecule has 2 amide bonds. The Bertz CT molecular complexity index is 2130. The molecule has 1 atom stereocenters. The summed E-state index contributed by atoms with van der Waals surface area (Å²) in [6.45, 7) is 0.318. The zero-order valence-electron chi connectivity index (χ0n) is 26.4. The minimum atomic E-state index is -4.65. The number of sulfonamides is 1. The number of amides is 2. The highest BCUT2D eigenvalue weighted by Crippen LogP contribution is 2.43. The molecule has 0 aliphatic heterocycles. The van der Waals surface area contributed by atoms with Crippen LogP contribution in [-0.2, 0) is 14.6 Å². The molecule has 4 aromatic carbocycles. The number of carbonyl (C=O) groups excluding carboxylic acids is 2. The van der Waals surface area contributed by atoms with Crippen molar-refractivity contribution in [3.8, 4) is 23.3 Å². The molecule has 262 valence electrons. The number of nitriles is 1. The van der Waals surface area contributed by atoms with E-state index in [0.717, 1.165) is 29.5 Å². The SMILES string of the molecule is N#Cc1ccc(OP(=O)(O)CNS(=O)(=O)c2cc3cc(OCCNC(=O)c4cc[c]cc4)c(OCCNC(=O)c4cc[c]cc4)cc3s2)cc1F. The summed E-state index contributed by atoms with van der Waals surface area (Å²) in [5.41, 5.74) is 0.594. The van der Waals surface area contributed by atoms with E-state index < -0.39 is 29.7 Å². The Labute approximate surface area is 296 Å². The third-order valence-electron chi connectivity index (χ3n) is 6.84. The highest BCUT2D eigenvalue weighted by Gasteiger charge is 2.27. The van der Waals surface area contributed by atoms with Crippen LogP contribution in [0.4, 0.5) is 4.39 Å². The van der Waals surface area contributed by atoms with Crippen molar-refractivity contribution in [1.29, 1.82) is 5.26 Å². The number of nitrogens with zero attached hydrogens (tertiary/aromatic N) is 1. The lowest BCUT2D eigenvalue weighted by Crippen LogP contribution is -2.28. The fourth-order valence-electron chi connectivity index (χ4n) is 4.39. The maximum atomic E-state index is 13.9. The summed E-state index contributed by atoms with van der Waals surface area (Å²) in [5, 5.41) is 14.8. The van der Waals surface area contributed by atoms with E-state index in [-0.39, 0.29) is 65.1 Å². The molecule has 0 aliphatic carbocycles. The van der Waals surface area contributed by atoms with Crippen molar-refractivity contribution in [2.75, 3.05) is 32.6 Å². The van der Waals surface area contributed by atoms with Crippen molar-refractivity contribution in [3.05, 3.63) is 120 Å². The van der Waals surface area contributed by atoms with Gasteiger partial charge in [-0.2, -0.15) is 9.98 Å². The van der Waals surface area contributed by atoms with Crippen molar-refractivity contribution in [2.24, 2.45) is 0 Å². The largest absolute Gasteiger partial charge is 0.488 e. The summed E-state index contributed by atoms with van der Waals surface area (Å²) >= 11 is 0.848. The predicted molar refractivity (Wildman–Crippen MR) is 185 cm³/mol. The smallest absolute Gasteiger partial charge is 0.391 e. The number of hydrogen-bond acceptors (Lipinski definition) is 10. The quantitative estimate of drug-likeness (QED) is 0.0817. The van der Waals surface area contributed by atoms with Gasteiger partial charge in [-0.1, -0.05) is 24.3 Å². The molecule has 5 aromatic rings. The first-order valence-corrected chi connectivity index (χ1v) is 19.0. The molecule has 13 nitrogen and oxygen atoms in total. The van der Waals surface area contributed by atoms with Crippen LogP contribution in [0, 0.1) is 29.3 Å². The van der Waals surface area contributed by atoms with Gasteiger partial charge in [0.25, 0.3) is 21.8 Å². The van der Waals surface area contributed by atoms with Crippen molar-refractivity contribution in [3.63, 3.8) is 0 Å². The van der Waals surface area contributed by atoms with Gasteiger partial charge >= 0.3 is 7.60 Å². The van der Waals surface area contributed by atoms with E-state index in [4.69, 9.17) is 19.3 Å². The number of halogens is 1. The van der Waals surface area contributed by atoms with Crippen LogP contribution in [0.5, 0.6) is 17.2 Å². The maximum Gasteiger partial charge on any atom is 0.391 e. The molecule has 0 fully saturated rings. The van der Waals surface area contributed by atoms with Crippen molar-refractivity contribution in [2.45, 2.75) is 4.21 Å². The predicted octanol–water partition coefficient (Wildman–Crippen LogP) is 4.63. The van der Waals surface area contributed by atoms with Crippen LogP contribution in [-0.4, -0.2) is 57.7 Å². The van der Waals surface area contributed by atoms with Gasteiger partial charge in [-0.05, 0) is 66.0 Å². The van der Waals surface area contributed by atoms with Gasteiger partial charge in [0.05, 0.1) is 18.7 Å². The van der Waals surface area contributed by atoms with Gasteiger partial charge in [0.1, 0.15) is 41.3 Å². The summed E-state index contributed by atoms with van der Waals surface area (Å²) in [6.07, 6.45) is -1.03. The topological polar surface area (TPSA) is 193 Å². The van der Waals surface area contributed by atoms with E-state index in [2.05, 4.69) is 22.8 Å². The maximum absolute atomic E-state index is 13.9. The number of fused-ring (bicyclic) bond motifs is 1. The first kappa shape index (κ1) is 37.0. The van der Waals surface area contributed by atoms with Crippen molar-refractivity contribution in [1.82, 2.24) is 15.4 Å². The summed E-state index contributed by atoms with van der Waals surface area (Å²) in [4.78, 5) is 35.0. The lowest BCUT2D eigenvalue weighted by molar-refractivity contribution is 0.0937. The second kappa shape index (κ2) is 16.6. The molecular weight excluding hydrogens is 722 g/mol. The number of carbonyl (C=O) groups is 2. The summed E-state index contributed by atoms with van der Waals surface area (Å²) in [5.74, 6) is -1.50. The zero-order valence-corrected chi connectivity index (χ0v) is 28.9. The molecule has 5 rings (SSSR count). The van der Waals surface area contributed by atoms with Crippen LogP contribution in [0.15, 0.2) is 89.1 Å². The molecule has 17 heteroatoms. The Morgan fingerprint density at radius 1 is 0.882 bits per heavy atom. The third-order valence-corrected chi connectivity index (χ3v) is 11.1. The number of ether oxygens (including phenoxy) is 2. The highest BCUT2D eigenvalue weighted by molar-refractivity contribution is 7.92. The fourth-order valence-corrected chi connectivity index (χ4v) is 8.34. The van der Waals surface area contributed by atoms with E-state index in [1.54, 1.807) is 66.7 Å². The van der Waals surface area contributed by atoms with Crippen LogP contribution < -0.4 is 29.4 Å². The van der Waals surface area contributed by atoms with E-state index in [1.165, 1.54) is 6.07 Å². The summed E-state index contributed by atoms with van der Waals surface area (Å²) in [7, 11) is -9.00. The van der Waals surface area contributed by atoms with Gasteiger partial charge in [0, 0.05) is 28.0 Å². The van der Waals surface area contributed by atoms with Crippen LogP contribution in [0.2, 0.25) is 0 Å². The van der Waals surface area contributed by atoms with E-state index >= 15 is 0 Å². The van der Waals surface area contributed by atoms with E-state index in [0.29, 0.717) is 21.2 Å². The normalized spacial score (nSPS) is 12.3. The molecule has 4 N–H and O–H groups in total. The van der Waals surface area contributed by atoms with Crippen molar-refractivity contribution < 1.29 is 45.9 Å². The number of rotatable bonds is 16. The van der Waals surface area contributed by atoms with Crippen LogP contribution in [0.3, 0.4) is 0 Å². The van der Waals surface area contributed by atoms with Gasteiger partial charge in [-0.3, -0.25) is 9.59 Å². The van der Waals surface area contributed by atoms with Gasteiger partial charge in [-0.25, -0.2) is 17.4 Å². The Balaban J connectivity index is 1.27. The average Bonchev–Trinajstić information content (AvgIpc) is 3.55. The lowest BCUT2D eigenvalue weighted by Gasteiger charge is -2.14.